The van der Waals surface area contributed by atoms with E-state index in [4.69, 9.17) is 8.92 Å². The van der Waals surface area contributed by atoms with E-state index in [1.807, 2.05) is 53.7 Å². The van der Waals surface area contributed by atoms with Crippen LogP contribution in [0, 0.1) is 10.1 Å². The molecule has 0 unspecified atom stereocenters. The van der Waals surface area contributed by atoms with Crippen molar-refractivity contribution in [3.63, 3.8) is 0 Å². The Hall–Kier alpha value is -4.45. The van der Waals surface area contributed by atoms with Crippen LogP contribution in [-0.2, 0) is 32.2 Å². The summed E-state index contributed by atoms with van der Waals surface area (Å²) < 4.78 is 36.3. The zero-order valence-corrected chi connectivity index (χ0v) is 26.8. The fourth-order valence-electron chi connectivity index (χ4n) is 4.32. The van der Waals surface area contributed by atoms with E-state index in [0.29, 0.717) is 12.0 Å². The summed E-state index contributed by atoms with van der Waals surface area (Å²) in [6.07, 6.45) is 2.02. The molecule has 11 nitrogen and oxygen atoms in total. The number of benzene rings is 3. The number of nitrogens with zero attached hydrogens (tertiary/aromatic N) is 2. The van der Waals surface area contributed by atoms with E-state index in [9.17, 15) is 28.4 Å². The lowest BCUT2D eigenvalue weighted by Gasteiger charge is -2.28. The van der Waals surface area contributed by atoms with E-state index < -0.39 is 15.0 Å². The molecular formula is C32H39N3O8S. The monoisotopic (exact) mass is 625 g/mol. The minimum absolute atomic E-state index is 0.0791. The lowest BCUT2D eigenvalue weighted by atomic mass is 9.78. The van der Waals surface area contributed by atoms with Crippen molar-refractivity contribution in [3.8, 4) is 17.2 Å². The Kier molecular flexibility index (Phi) is 10.4. The highest BCUT2D eigenvalue weighted by atomic mass is 32.2. The molecular weight excluding hydrogens is 586 g/mol. The minimum atomic E-state index is -4.30. The first-order valence-corrected chi connectivity index (χ1v) is 15.5. The van der Waals surface area contributed by atoms with Gasteiger partial charge >= 0.3 is 10.1 Å². The van der Waals surface area contributed by atoms with E-state index in [0.717, 1.165) is 41.0 Å². The number of phenols is 1. The number of nitrogens with one attached hydrogen (secondary N) is 1. The first kappa shape index (κ1) is 34.0. The maximum absolute atomic E-state index is 12.8. The van der Waals surface area contributed by atoms with Gasteiger partial charge < -0.3 is 14.0 Å². The van der Waals surface area contributed by atoms with Crippen LogP contribution < -0.4 is 14.3 Å². The van der Waals surface area contributed by atoms with Crippen molar-refractivity contribution in [1.29, 1.82) is 0 Å². The second-order valence-electron chi connectivity index (χ2n) is 12.3. The van der Waals surface area contributed by atoms with E-state index in [1.165, 1.54) is 24.4 Å². The summed E-state index contributed by atoms with van der Waals surface area (Å²) >= 11 is 0. The van der Waals surface area contributed by atoms with Crippen LogP contribution in [0.3, 0.4) is 0 Å². The number of hydrogen-bond donors (Lipinski definition) is 2. The Morgan fingerprint density at radius 1 is 0.977 bits per heavy atom. The van der Waals surface area contributed by atoms with Gasteiger partial charge in [-0.2, -0.15) is 13.5 Å². The second kappa shape index (κ2) is 13.5. The first-order chi connectivity index (χ1) is 20.4. The number of aromatic hydroxyl groups is 1. The van der Waals surface area contributed by atoms with Crippen LogP contribution in [0.2, 0.25) is 0 Å². The third kappa shape index (κ3) is 8.79. The molecule has 1 amide bonds. The van der Waals surface area contributed by atoms with Crippen molar-refractivity contribution >= 4 is 27.9 Å². The fraction of sp³-hybridized carbons (Fsp3) is 0.375. The molecule has 0 atom stereocenters. The van der Waals surface area contributed by atoms with E-state index in [-0.39, 0.29) is 57.6 Å². The minimum Gasteiger partial charge on any atom is -0.507 e. The molecule has 0 aliphatic heterocycles. The zero-order valence-electron chi connectivity index (χ0n) is 26.0. The van der Waals surface area contributed by atoms with Crippen LogP contribution in [0.1, 0.15) is 77.1 Å². The normalized spacial score (nSPS) is 12.2. The van der Waals surface area contributed by atoms with Gasteiger partial charge in [-0.25, -0.2) is 5.43 Å². The van der Waals surface area contributed by atoms with Gasteiger partial charge in [0, 0.05) is 18.6 Å². The third-order valence-electron chi connectivity index (χ3n) is 6.63. The molecule has 3 aromatic rings. The molecule has 0 fully saturated rings. The largest absolute Gasteiger partial charge is 0.507 e. The highest BCUT2D eigenvalue weighted by Crippen LogP contribution is 2.40. The summed E-state index contributed by atoms with van der Waals surface area (Å²) in [5.74, 6) is 0.0344. The molecule has 3 rings (SSSR count). The summed E-state index contributed by atoms with van der Waals surface area (Å²) in [5.41, 5.74) is 4.82. The summed E-state index contributed by atoms with van der Waals surface area (Å²) in [5, 5.41) is 25.8. The quantitative estimate of drug-likeness (QED) is 0.111. The first-order valence-electron chi connectivity index (χ1n) is 14.1. The van der Waals surface area contributed by atoms with Crippen molar-refractivity contribution in [2.24, 2.45) is 5.10 Å². The van der Waals surface area contributed by atoms with Crippen LogP contribution >= 0.6 is 0 Å². The molecule has 0 bridgehead atoms. The molecule has 0 saturated heterocycles. The predicted octanol–water partition coefficient (Wildman–Crippen LogP) is 6.14. The molecule has 44 heavy (non-hydrogen) atoms. The van der Waals surface area contributed by atoms with Gasteiger partial charge in [0.1, 0.15) is 10.6 Å². The average molecular weight is 626 g/mol. The van der Waals surface area contributed by atoms with Crippen LogP contribution in [-0.4, -0.2) is 37.2 Å². The lowest BCUT2D eigenvalue weighted by Crippen LogP contribution is -2.20. The summed E-state index contributed by atoms with van der Waals surface area (Å²) in [6, 6.07) is 12.7. The van der Waals surface area contributed by atoms with Crippen molar-refractivity contribution < 1.29 is 32.2 Å². The summed E-state index contributed by atoms with van der Waals surface area (Å²) in [7, 11) is -4.30. The summed E-state index contributed by atoms with van der Waals surface area (Å²) in [6.45, 7) is 14.1. The van der Waals surface area contributed by atoms with Gasteiger partial charge in [0.15, 0.2) is 11.5 Å². The smallest absolute Gasteiger partial charge is 0.339 e. The Morgan fingerprint density at radius 3 is 2.09 bits per heavy atom. The van der Waals surface area contributed by atoms with Gasteiger partial charge in [0.05, 0.1) is 17.7 Å². The molecule has 12 heteroatoms. The number of hydrazone groups is 1. The van der Waals surface area contributed by atoms with E-state index >= 15 is 0 Å². The average Bonchev–Trinajstić information content (AvgIpc) is 2.92. The maximum Gasteiger partial charge on any atom is 0.339 e. The third-order valence-corrected chi connectivity index (χ3v) is 7.88. The zero-order chi connectivity index (χ0) is 32.9. The van der Waals surface area contributed by atoms with E-state index in [1.54, 1.807) is 6.92 Å². The molecule has 2 N–H and O–H groups in total. The van der Waals surface area contributed by atoms with Gasteiger partial charge in [0.2, 0.25) is 5.91 Å². The maximum atomic E-state index is 12.8. The summed E-state index contributed by atoms with van der Waals surface area (Å²) in [4.78, 5) is 22.6. The van der Waals surface area contributed by atoms with Crippen LogP contribution in [0.25, 0.3) is 0 Å². The number of rotatable bonds is 11. The number of carbonyl (C=O) groups is 1. The van der Waals surface area contributed by atoms with Gasteiger partial charge in [-0.05, 0) is 76.8 Å². The molecule has 0 aromatic heterocycles. The number of hydrogen-bond acceptors (Lipinski definition) is 9. The second-order valence-corrected chi connectivity index (χ2v) is 13.8. The molecule has 0 aliphatic carbocycles. The Bertz CT molecular complexity index is 1620. The standard InChI is InChI=1S/C32H39N3O8S/c1-8-42-28-19-22(9-15-27(28)43-44(40,41)24-13-11-23(12-14-24)35(38)39)20-33-34-29(36)16-10-21-17-25(31(2,3)4)30(37)26(18-21)32(5,6)7/h9,11-15,17-20,37H,8,10,16H2,1-7H3,(H,34,36)/b33-20-. The number of ether oxygens (including phenoxy) is 1. The fourth-order valence-corrected chi connectivity index (χ4v) is 5.26. The van der Waals surface area contributed by atoms with Gasteiger partial charge in [-0.1, -0.05) is 53.7 Å². The molecule has 0 saturated carbocycles. The predicted molar refractivity (Wildman–Crippen MR) is 168 cm³/mol. The molecule has 0 heterocycles. The lowest BCUT2D eigenvalue weighted by molar-refractivity contribution is -0.384. The Balaban J connectivity index is 1.69. The number of nitro benzene ring substituents is 1. The molecule has 0 aliphatic rings. The SMILES string of the molecule is CCOc1cc(/C=N\NC(=O)CCc2cc(C(C)(C)C)c(O)c(C(C)(C)C)c2)ccc1OS(=O)(=O)c1ccc([N+](=O)[O-])cc1. The molecule has 236 valence electrons. The Labute approximate surface area is 258 Å². The highest BCUT2D eigenvalue weighted by Gasteiger charge is 2.26. The molecule has 3 aromatic carbocycles. The topological polar surface area (TPSA) is 157 Å². The molecule has 0 spiro atoms. The molecule has 0 radical (unpaired) electrons. The van der Waals surface area contributed by atoms with Gasteiger partial charge in [-0.15, -0.1) is 0 Å². The van der Waals surface area contributed by atoms with Gasteiger partial charge in [0.25, 0.3) is 5.69 Å². The number of phenolic OH excluding ortho intramolecular Hbond substituents is 1. The van der Waals surface area contributed by atoms with Crippen LogP contribution in [0.4, 0.5) is 5.69 Å². The number of non-ortho nitro benzene ring substituents is 1. The number of carbonyl (C=O) groups excluding carboxylic acids is 1. The number of amides is 1. The van der Waals surface area contributed by atoms with Crippen molar-refractivity contribution in [2.75, 3.05) is 6.61 Å². The van der Waals surface area contributed by atoms with Crippen molar-refractivity contribution in [3.05, 3.63) is 87.0 Å². The highest BCUT2D eigenvalue weighted by molar-refractivity contribution is 7.87. The number of aryl methyl sites for hydroxylation is 1. The Morgan fingerprint density at radius 2 is 1.57 bits per heavy atom. The van der Waals surface area contributed by atoms with Crippen molar-refractivity contribution in [2.45, 2.75) is 77.0 Å². The van der Waals surface area contributed by atoms with E-state index in [2.05, 4.69) is 10.5 Å². The van der Waals surface area contributed by atoms with Crippen LogP contribution in [0.5, 0.6) is 17.2 Å². The van der Waals surface area contributed by atoms with Crippen molar-refractivity contribution in [1.82, 2.24) is 5.43 Å². The van der Waals surface area contributed by atoms with Crippen LogP contribution in [0.15, 0.2) is 64.6 Å². The number of nitro groups is 1. The van der Waals surface area contributed by atoms with Gasteiger partial charge in [-0.3, -0.25) is 14.9 Å².